The molecule has 0 heterocycles. The fourth-order valence-corrected chi connectivity index (χ4v) is 3.55. The van der Waals surface area contributed by atoms with Crippen LogP contribution in [0.25, 0.3) is 0 Å². The van der Waals surface area contributed by atoms with Crippen LogP contribution >= 0.6 is 0 Å². The molecule has 0 radical (unpaired) electrons. The second-order valence-electron chi connectivity index (χ2n) is 6.56. The van der Waals surface area contributed by atoms with Gasteiger partial charge in [-0.3, -0.25) is 0 Å². The van der Waals surface area contributed by atoms with E-state index in [1.54, 1.807) is 13.8 Å². The average molecular weight is 368 g/mol. The summed E-state index contributed by atoms with van der Waals surface area (Å²) in [5.41, 5.74) is 0. The first-order valence-electron chi connectivity index (χ1n) is 9.50. The summed E-state index contributed by atoms with van der Waals surface area (Å²) < 4.78 is 32.5. The van der Waals surface area contributed by atoms with E-state index in [9.17, 15) is 8.42 Å². The van der Waals surface area contributed by atoms with Crippen LogP contribution in [0.5, 0.6) is 0 Å². The summed E-state index contributed by atoms with van der Waals surface area (Å²) in [4.78, 5) is 0. The lowest BCUT2D eigenvalue weighted by molar-refractivity contribution is 0.126. The van der Waals surface area contributed by atoms with Crippen molar-refractivity contribution in [2.24, 2.45) is 5.92 Å². The summed E-state index contributed by atoms with van der Waals surface area (Å²) in [5, 5.41) is 0. The molecule has 0 aromatic heterocycles. The van der Waals surface area contributed by atoms with Crippen LogP contribution in [0, 0.1) is 5.92 Å². The molecule has 0 aliphatic heterocycles. The van der Waals surface area contributed by atoms with Gasteiger partial charge in [0.1, 0.15) is 0 Å². The highest BCUT2D eigenvalue weighted by Gasteiger charge is 2.20. The van der Waals surface area contributed by atoms with E-state index in [4.69, 9.17) is 4.18 Å². The molecule has 0 aliphatic rings. The van der Waals surface area contributed by atoms with Crippen molar-refractivity contribution in [2.75, 3.05) is 6.61 Å². The van der Waals surface area contributed by atoms with E-state index in [0.29, 0.717) is 0 Å². The Morgan fingerprint density at radius 3 is 1.71 bits per heavy atom. The molecule has 0 saturated carbocycles. The van der Waals surface area contributed by atoms with Crippen LogP contribution in [-0.2, 0) is 18.8 Å². The van der Waals surface area contributed by atoms with Gasteiger partial charge in [0, 0.05) is 0 Å². The van der Waals surface area contributed by atoms with Crippen molar-refractivity contribution in [3.63, 3.8) is 0 Å². The van der Waals surface area contributed by atoms with E-state index < -0.39 is 10.4 Å². The zero-order valence-corrected chi connectivity index (χ0v) is 17.2. The van der Waals surface area contributed by atoms with Crippen molar-refractivity contribution in [3.05, 3.63) is 0 Å². The predicted octanol–water partition coefficient (Wildman–Crippen LogP) is 5.78. The molecule has 3 N–H and O–H groups in total. The summed E-state index contributed by atoms with van der Waals surface area (Å²) >= 11 is 0. The predicted molar refractivity (Wildman–Crippen MR) is 102 cm³/mol. The Labute approximate surface area is 150 Å². The maximum absolute atomic E-state index is 11.4. The molecule has 0 saturated heterocycles. The van der Waals surface area contributed by atoms with Gasteiger partial charge < -0.3 is 6.15 Å². The fourth-order valence-electron chi connectivity index (χ4n) is 2.64. The second kappa shape index (κ2) is 16.3. The van der Waals surface area contributed by atoms with E-state index in [1.807, 2.05) is 6.92 Å². The van der Waals surface area contributed by atoms with E-state index in [1.165, 1.54) is 57.8 Å². The standard InChI is InChI=1S/C18H38O4S.H3N/c1-5-7-8-9-10-11-12-13-14-15-16-17(3)18(4)22-23(19,20)21-6-2;/h17-18H,5-16H2,1-4H3;1H3. The van der Waals surface area contributed by atoms with Gasteiger partial charge in [0.25, 0.3) is 0 Å². The van der Waals surface area contributed by atoms with E-state index in [-0.39, 0.29) is 24.8 Å². The quantitative estimate of drug-likeness (QED) is 0.349. The Balaban J connectivity index is 0. The molecule has 24 heavy (non-hydrogen) atoms. The Hall–Kier alpha value is -0.170. The van der Waals surface area contributed by atoms with Crippen molar-refractivity contribution < 1.29 is 16.8 Å². The van der Waals surface area contributed by atoms with Gasteiger partial charge in [0.2, 0.25) is 0 Å². The van der Waals surface area contributed by atoms with Crippen LogP contribution in [0.2, 0.25) is 0 Å². The van der Waals surface area contributed by atoms with E-state index in [2.05, 4.69) is 11.1 Å². The van der Waals surface area contributed by atoms with Crippen LogP contribution in [0.15, 0.2) is 0 Å². The molecular formula is C18H41NO4S. The van der Waals surface area contributed by atoms with Crippen molar-refractivity contribution in [3.8, 4) is 0 Å². The first-order valence-corrected chi connectivity index (χ1v) is 10.8. The lowest BCUT2D eigenvalue weighted by Gasteiger charge is -2.19. The van der Waals surface area contributed by atoms with Gasteiger partial charge in [-0.1, -0.05) is 78.1 Å². The highest BCUT2D eigenvalue weighted by atomic mass is 32.3. The normalized spacial score (nSPS) is 14.2. The van der Waals surface area contributed by atoms with Crippen LogP contribution < -0.4 is 6.15 Å². The number of hydrogen-bond acceptors (Lipinski definition) is 5. The van der Waals surface area contributed by atoms with Crippen LogP contribution in [0.1, 0.15) is 98.3 Å². The summed E-state index contributed by atoms with van der Waals surface area (Å²) in [6.07, 6.45) is 13.8. The van der Waals surface area contributed by atoms with Crippen molar-refractivity contribution in [1.82, 2.24) is 6.15 Å². The average Bonchev–Trinajstić information content (AvgIpc) is 2.48. The zero-order valence-electron chi connectivity index (χ0n) is 16.4. The largest absolute Gasteiger partial charge is 0.400 e. The molecule has 0 amide bonds. The molecular weight excluding hydrogens is 326 g/mol. The van der Waals surface area contributed by atoms with Gasteiger partial charge in [-0.15, -0.1) is 0 Å². The summed E-state index contributed by atoms with van der Waals surface area (Å²) in [6, 6.07) is 0. The summed E-state index contributed by atoms with van der Waals surface area (Å²) in [6.45, 7) is 7.84. The van der Waals surface area contributed by atoms with Crippen LogP contribution in [-0.4, -0.2) is 21.1 Å². The summed E-state index contributed by atoms with van der Waals surface area (Å²) in [5.74, 6) is 0.222. The minimum absolute atomic E-state index is 0. The summed E-state index contributed by atoms with van der Waals surface area (Å²) in [7, 11) is -3.83. The van der Waals surface area contributed by atoms with E-state index in [0.717, 1.165) is 12.8 Å². The van der Waals surface area contributed by atoms with Crippen molar-refractivity contribution >= 4 is 10.4 Å². The molecule has 5 nitrogen and oxygen atoms in total. The molecule has 0 aromatic carbocycles. The highest BCUT2D eigenvalue weighted by molar-refractivity contribution is 7.81. The second-order valence-corrected chi connectivity index (χ2v) is 7.81. The van der Waals surface area contributed by atoms with Gasteiger partial charge in [0.05, 0.1) is 12.7 Å². The Bertz CT molecular complexity index is 360. The van der Waals surface area contributed by atoms with Gasteiger partial charge in [-0.2, -0.15) is 8.42 Å². The smallest absolute Gasteiger partial charge is 0.344 e. The van der Waals surface area contributed by atoms with Crippen molar-refractivity contribution in [1.29, 1.82) is 0 Å². The SMILES string of the molecule is CCCCCCCCCCCCC(C)C(C)OS(=O)(=O)OCC.N. The third kappa shape index (κ3) is 15.4. The number of hydrogen-bond donors (Lipinski definition) is 1. The fraction of sp³-hybridized carbons (Fsp3) is 1.00. The zero-order chi connectivity index (χ0) is 17.6. The molecule has 0 bridgehead atoms. The van der Waals surface area contributed by atoms with Crippen LogP contribution in [0.3, 0.4) is 0 Å². The van der Waals surface area contributed by atoms with Gasteiger partial charge in [-0.05, 0) is 26.2 Å². The number of unbranched alkanes of at least 4 members (excludes halogenated alkanes) is 9. The molecule has 0 rings (SSSR count). The molecule has 0 spiro atoms. The van der Waals surface area contributed by atoms with E-state index >= 15 is 0 Å². The maximum Gasteiger partial charge on any atom is 0.400 e. The van der Waals surface area contributed by atoms with Gasteiger partial charge in [-0.25, -0.2) is 8.37 Å². The van der Waals surface area contributed by atoms with Crippen LogP contribution in [0.4, 0.5) is 0 Å². The molecule has 2 unspecified atom stereocenters. The molecule has 0 fully saturated rings. The Morgan fingerprint density at radius 1 is 0.792 bits per heavy atom. The Morgan fingerprint density at radius 2 is 1.25 bits per heavy atom. The first-order chi connectivity index (χ1) is 10.9. The van der Waals surface area contributed by atoms with Gasteiger partial charge >= 0.3 is 10.4 Å². The van der Waals surface area contributed by atoms with Gasteiger partial charge in [0.15, 0.2) is 0 Å². The van der Waals surface area contributed by atoms with Crippen molar-refractivity contribution in [2.45, 2.75) is 104 Å². The first kappa shape index (κ1) is 26.1. The topological polar surface area (TPSA) is 87.6 Å². The molecule has 6 heteroatoms. The highest BCUT2D eigenvalue weighted by Crippen LogP contribution is 2.19. The molecule has 148 valence electrons. The molecule has 0 aromatic rings. The molecule has 0 aliphatic carbocycles. The number of rotatable bonds is 16. The third-order valence-corrected chi connectivity index (χ3v) is 5.41. The minimum Gasteiger partial charge on any atom is -0.344 e. The monoisotopic (exact) mass is 367 g/mol. The Kier molecular flexibility index (Phi) is 17.7. The molecule has 2 atom stereocenters. The lowest BCUT2D eigenvalue weighted by Crippen LogP contribution is -2.23. The third-order valence-electron chi connectivity index (χ3n) is 4.35. The lowest BCUT2D eigenvalue weighted by atomic mass is 9.97. The minimum atomic E-state index is -3.83. The maximum atomic E-state index is 11.4.